The van der Waals surface area contributed by atoms with Gasteiger partial charge in [-0.1, -0.05) is 35.9 Å². The van der Waals surface area contributed by atoms with Crippen molar-refractivity contribution in [1.82, 2.24) is 21.3 Å². The van der Waals surface area contributed by atoms with Crippen LogP contribution < -0.4 is 30.7 Å². The molecule has 0 radical (unpaired) electrons. The molecule has 1 saturated heterocycles. The fourth-order valence-corrected chi connectivity index (χ4v) is 6.01. The number of carbonyl (C=O) groups excluding carboxylic acids is 5. The van der Waals surface area contributed by atoms with Gasteiger partial charge >= 0.3 is 12.1 Å². The van der Waals surface area contributed by atoms with Gasteiger partial charge in [-0.3, -0.25) is 14.4 Å². The van der Waals surface area contributed by atoms with E-state index in [1.807, 2.05) is 18.2 Å². The largest absolute Gasteiger partial charge is 0.496 e. The molecule has 1 fully saturated rings. The Morgan fingerprint density at radius 1 is 0.914 bits per heavy atom. The highest BCUT2D eigenvalue weighted by Crippen LogP contribution is 2.34. The van der Waals surface area contributed by atoms with Gasteiger partial charge in [0.2, 0.25) is 11.8 Å². The zero-order valence-electron chi connectivity index (χ0n) is 33.5. The van der Waals surface area contributed by atoms with Crippen LogP contribution in [0.25, 0.3) is 0 Å². The summed E-state index contributed by atoms with van der Waals surface area (Å²) in [5.41, 5.74) is 0.808. The Morgan fingerprint density at radius 2 is 1.60 bits per heavy atom. The van der Waals surface area contributed by atoms with Crippen molar-refractivity contribution in [2.45, 2.75) is 108 Å². The average Bonchev–Trinajstić information content (AvgIpc) is 3.19. The van der Waals surface area contributed by atoms with Crippen molar-refractivity contribution in [3.8, 4) is 11.5 Å². The molecule has 18 nitrogen and oxygen atoms in total. The van der Waals surface area contributed by atoms with Gasteiger partial charge in [0.25, 0.3) is 5.91 Å². The highest BCUT2D eigenvalue weighted by Gasteiger charge is 2.45. The first-order chi connectivity index (χ1) is 27.5. The number of aliphatic hydroxyl groups is 3. The van der Waals surface area contributed by atoms with Crippen LogP contribution >= 0.6 is 11.6 Å². The first-order valence-corrected chi connectivity index (χ1v) is 19.0. The van der Waals surface area contributed by atoms with E-state index in [9.17, 15) is 39.3 Å². The van der Waals surface area contributed by atoms with Gasteiger partial charge in [0.15, 0.2) is 6.29 Å². The predicted molar refractivity (Wildman–Crippen MR) is 208 cm³/mol. The third-order valence-electron chi connectivity index (χ3n) is 8.78. The van der Waals surface area contributed by atoms with Gasteiger partial charge in [0.05, 0.1) is 31.4 Å². The molecule has 322 valence electrons. The molecule has 19 heteroatoms. The van der Waals surface area contributed by atoms with Crippen molar-refractivity contribution in [2.24, 2.45) is 0 Å². The summed E-state index contributed by atoms with van der Waals surface area (Å²) in [4.78, 5) is 62.2. The maximum Gasteiger partial charge on any atom is 0.408 e. The molecule has 1 heterocycles. The number of alkyl carbamates (subject to hydrolysis) is 1. The number of unbranched alkanes of at least 4 members (excludes halogenated alkanes) is 1. The predicted octanol–water partition coefficient (Wildman–Crippen LogP) is 1.86. The van der Waals surface area contributed by atoms with Crippen molar-refractivity contribution in [3.05, 3.63) is 58.1 Å². The number of hydrogen-bond donors (Lipinski definition) is 7. The second-order valence-electron chi connectivity index (χ2n) is 14.4. The molecule has 6 atom stereocenters. The third-order valence-corrected chi connectivity index (χ3v) is 9.08. The van der Waals surface area contributed by atoms with Gasteiger partial charge < -0.3 is 65.0 Å². The topological polar surface area (TPSA) is 250 Å². The fourth-order valence-electron chi connectivity index (χ4n) is 5.80. The van der Waals surface area contributed by atoms with Crippen LogP contribution in [0.4, 0.5) is 4.79 Å². The molecule has 58 heavy (non-hydrogen) atoms. The molecular weight excluding hydrogens is 784 g/mol. The van der Waals surface area contributed by atoms with Crippen LogP contribution in [0.1, 0.15) is 74.4 Å². The molecule has 0 saturated carbocycles. The van der Waals surface area contributed by atoms with Crippen LogP contribution in [-0.4, -0.2) is 122 Å². The van der Waals surface area contributed by atoms with E-state index < -0.39 is 66.9 Å². The summed E-state index contributed by atoms with van der Waals surface area (Å²) in [5.74, 6) is -1.61. The molecule has 7 N–H and O–H groups in total. The lowest BCUT2D eigenvalue weighted by molar-refractivity contribution is -0.261. The molecule has 0 unspecified atom stereocenters. The Labute approximate surface area is 342 Å². The standard InChI is InChI=1S/C39H55ClN4O14/c1-39(2,3)58-38(52)43-26(36(51)54-5)12-7-8-15-41-30(46)13-14-31(47)42-19-22-10-9-11-23(16-22)21-56-28-18-27(53-4)24(17-25(28)40)35(50)44-32-34(49)33(48)29(20-45)57-37(32)55-6/h9-11,16-18,26,29,32-34,37,45,48-49H,7-8,12-15,19-21H2,1-6H3,(H,41,46)(H,42,47)(H,43,52)(H,44,50)/t26-,29+,32+,33+,34+,37-/m0/s1. The first-order valence-electron chi connectivity index (χ1n) is 18.6. The minimum Gasteiger partial charge on any atom is -0.496 e. The maximum absolute atomic E-state index is 13.3. The van der Waals surface area contributed by atoms with Crippen molar-refractivity contribution < 1.29 is 67.7 Å². The molecule has 3 rings (SSSR count). The normalized spacial score (nSPS) is 19.6. The smallest absolute Gasteiger partial charge is 0.408 e. The maximum atomic E-state index is 13.3. The summed E-state index contributed by atoms with van der Waals surface area (Å²) in [6.07, 6.45) is -4.72. The second-order valence-corrected chi connectivity index (χ2v) is 14.8. The van der Waals surface area contributed by atoms with Crippen molar-refractivity contribution in [2.75, 3.05) is 34.5 Å². The summed E-state index contributed by atoms with van der Waals surface area (Å²) in [5, 5.41) is 41.0. The third kappa shape index (κ3) is 14.9. The van der Waals surface area contributed by atoms with Crippen LogP contribution in [0.5, 0.6) is 11.5 Å². The Balaban J connectivity index is 1.43. The van der Waals surface area contributed by atoms with E-state index in [1.54, 1.807) is 26.8 Å². The minimum absolute atomic E-state index is 0.00703. The number of methoxy groups -OCH3 is 3. The van der Waals surface area contributed by atoms with E-state index in [-0.39, 0.29) is 66.3 Å². The summed E-state index contributed by atoms with van der Waals surface area (Å²) in [6.45, 7) is 5.16. The summed E-state index contributed by atoms with van der Waals surface area (Å²) in [6, 6.07) is 7.94. The van der Waals surface area contributed by atoms with E-state index in [4.69, 9.17) is 40.0 Å². The van der Waals surface area contributed by atoms with Crippen LogP contribution in [-0.2, 0) is 46.5 Å². The minimum atomic E-state index is -1.51. The van der Waals surface area contributed by atoms with Gasteiger partial charge in [0, 0.05) is 39.1 Å². The average molecular weight is 839 g/mol. The van der Waals surface area contributed by atoms with Gasteiger partial charge in [-0.25, -0.2) is 9.59 Å². The zero-order valence-corrected chi connectivity index (χ0v) is 34.3. The monoisotopic (exact) mass is 838 g/mol. The number of benzene rings is 2. The lowest BCUT2D eigenvalue weighted by atomic mass is 9.96. The Morgan fingerprint density at radius 3 is 2.24 bits per heavy atom. The SMILES string of the molecule is COC(=O)[C@H](CCCCNC(=O)CCC(=O)NCc1cccc(COc2cc(OC)c(C(=O)N[C@H]3[C@@H](OC)O[C@H](CO)[C@@H](O)[C@@H]3O)cc2Cl)c1)NC(=O)OC(C)(C)C. The van der Waals surface area contributed by atoms with Crippen LogP contribution in [0.2, 0.25) is 5.02 Å². The Kier molecular flexibility index (Phi) is 18.9. The van der Waals surface area contributed by atoms with E-state index >= 15 is 0 Å². The van der Waals surface area contributed by atoms with Crippen molar-refractivity contribution in [3.63, 3.8) is 0 Å². The summed E-state index contributed by atoms with van der Waals surface area (Å²) < 4.78 is 32.0. The van der Waals surface area contributed by atoms with E-state index in [2.05, 4.69) is 21.3 Å². The quantitative estimate of drug-likeness (QED) is 0.0744. The number of amides is 4. The first kappa shape index (κ1) is 47.7. The number of halogens is 1. The van der Waals surface area contributed by atoms with Crippen molar-refractivity contribution >= 4 is 41.4 Å². The Bertz CT molecular complexity index is 1700. The van der Waals surface area contributed by atoms with Crippen LogP contribution in [0, 0.1) is 0 Å². The molecule has 0 aromatic heterocycles. The van der Waals surface area contributed by atoms with Crippen LogP contribution in [0.3, 0.4) is 0 Å². The lowest BCUT2D eigenvalue weighted by Crippen LogP contribution is -2.64. The molecule has 2 aromatic rings. The number of ether oxygens (including phenoxy) is 6. The Hall–Kier alpha value is -4.72. The van der Waals surface area contributed by atoms with Gasteiger partial charge in [-0.2, -0.15) is 0 Å². The van der Waals surface area contributed by atoms with Crippen molar-refractivity contribution in [1.29, 1.82) is 0 Å². The van der Waals surface area contributed by atoms with E-state index in [1.165, 1.54) is 33.5 Å². The number of nitrogens with one attached hydrogen (secondary N) is 4. The number of esters is 1. The highest BCUT2D eigenvalue weighted by molar-refractivity contribution is 6.32. The number of carbonyl (C=O) groups is 5. The number of aliphatic hydroxyl groups excluding tert-OH is 3. The molecule has 0 aliphatic carbocycles. The summed E-state index contributed by atoms with van der Waals surface area (Å²) >= 11 is 6.49. The zero-order chi connectivity index (χ0) is 43.0. The summed E-state index contributed by atoms with van der Waals surface area (Å²) in [7, 11) is 3.87. The number of hydrogen-bond acceptors (Lipinski definition) is 14. The van der Waals surface area contributed by atoms with Gasteiger partial charge in [-0.15, -0.1) is 0 Å². The highest BCUT2D eigenvalue weighted by atomic mass is 35.5. The molecular formula is C39H55ClN4O14. The molecule has 0 bridgehead atoms. The molecule has 4 amide bonds. The molecule has 0 spiro atoms. The molecule has 1 aliphatic heterocycles. The fraction of sp³-hybridized carbons (Fsp3) is 0.564. The molecule has 1 aliphatic rings. The van der Waals surface area contributed by atoms with Gasteiger partial charge in [0.1, 0.15) is 54.1 Å². The number of rotatable bonds is 20. The molecule has 2 aromatic carbocycles. The second kappa shape index (κ2) is 23.0. The van der Waals surface area contributed by atoms with E-state index in [0.29, 0.717) is 19.4 Å². The van der Waals surface area contributed by atoms with E-state index in [0.717, 1.165) is 11.1 Å². The van der Waals surface area contributed by atoms with Gasteiger partial charge in [-0.05, 0) is 57.2 Å². The van der Waals surface area contributed by atoms with Crippen LogP contribution in [0.15, 0.2) is 36.4 Å². The lowest BCUT2D eigenvalue weighted by Gasteiger charge is -2.41.